The van der Waals surface area contributed by atoms with Gasteiger partial charge < -0.3 is 5.11 Å². The molecule has 0 amide bonds. The largest absolute Gasteiger partial charge is 0.402 e. The predicted octanol–water partition coefficient (Wildman–Crippen LogP) is 1.66. The van der Waals surface area contributed by atoms with Crippen LogP contribution in [0.5, 0.6) is 0 Å². The number of alkyl halides is 3. The van der Waals surface area contributed by atoms with E-state index in [4.69, 9.17) is 5.11 Å². The molecule has 0 unspecified atom stereocenters. The summed E-state index contributed by atoms with van der Waals surface area (Å²) in [5.41, 5.74) is 0.512. The van der Waals surface area contributed by atoms with Gasteiger partial charge in [0.1, 0.15) is 5.75 Å². The Bertz CT molecular complexity index is 480. The van der Waals surface area contributed by atoms with Gasteiger partial charge in [-0.3, -0.25) is 0 Å². The maximum Gasteiger partial charge on any atom is 0.402 e. The van der Waals surface area contributed by atoms with Crippen molar-refractivity contribution >= 4 is 9.84 Å². The smallest absolute Gasteiger partial charge is 0.392 e. The molecule has 0 radical (unpaired) electrons. The molecule has 0 fully saturated rings. The first-order chi connectivity index (χ1) is 7.73. The van der Waals surface area contributed by atoms with Crippen molar-refractivity contribution in [3.8, 4) is 0 Å². The van der Waals surface area contributed by atoms with Gasteiger partial charge in [0.05, 0.1) is 12.4 Å². The summed E-state index contributed by atoms with van der Waals surface area (Å²) >= 11 is 0. The quantitative estimate of drug-likeness (QED) is 0.903. The lowest BCUT2D eigenvalue weighted by molar-refractivity contribution is -0.106. The van der Waals surface area contributed by atoms with E-state index in [1.54, 1.807) is 6.07 Å². The molecule has 0 saturated heterocycles. The number of rotatable bonds is 4. The van der Waals surface area contributed by atoms with Crippen molar-refractivity contribution < 1.29 is 26.7 Å². The van der Waals surface area contributed by atoms with Gasteiger partial charge in [-0.05, 0) is 11.1 Å². The maximum atomic E-state index is 12.0. The summed E-state index contributed by atoms with van der Waals surface area (Å²) in [6.07, 6.45) is -4.74. The molecule has 17 heavy (non-hydrogen) atoms. The highest BCUT2D eigenvalue weighted by Crippen LogP contribution is 2.21. The molecule has 0 aliphatic rings. The maximum absolute atomic E-state index is 12.0. The average molecular weight is 268 g/mol. The lowest BCUT2D eigenvalue weighted by atomic mass is 10.1. The highest BCUT2D eigenvalue weighted by atomic mass is 32.2. The van der Waals surface area contributed by atoms with Gasteiger partial charge in [-0.25, -0.2) is 8.42 Å². The first-order valence-corrected chi connectivity index (χ1v) is 6.50. The number of sulfone groups is 1. The molecule has 1 aromatic rings. The first kappa shape index (κ1) is 14.0. The van der Waals surface area contributed by atoms with Crippen molar-refractivity contribution in [3.05, 3.63) is 35.4 Å². The molecule has 0 saturated carbocycles. The number of hydrogen-bond acceptors (Lipinski definition) is 3. The van der Waals surface area contributed by atoms with Crippen LogP contribution in [0.2, 0.25) is 0 Å². The summed E-state index contributed by atoms with van der Waals surface area (Å²) in [4.78, 5) is 0. The van der Waals surface area contributed by atoms with Gasteiger partial charge in [0.25, 0.3) is 0 Å². The Morgan fingerprint density at radius 2 is 1.65 bits per heavy atom. The van der Waals surface area contributed by atoms with Crippen molar-refractivity contribution in [3.63, 3.8) is 0 Å². The van der Waals surface area contributed by atoms with Crippen LogP contribution in [-0.2, 0) is 22.2 Å². The zero-order valence-electron chi connectivity index (χ0n) is 8.74. The minimum Gasteiger partial charge on any atom is -0.392 e. The zero-order chi connectivity index (χ0) is 13.1. The zero-order valence-corrected chi connectivity index (χ0v) is 9.55. The van der Waals surface area contributed by atoms with Crippen molar-refractivity contribution in [1.29, 1.82) is 0 Å². The van der Waals surface area contributed by atoms with E-state index in [-0.39, 0.29) is 5.56 Å². The van der Waals surface area contributed by atoms with Crippen molar-refractivity contribution in [1.82, 2.24) is 0 Å². The van der Waals surface area contributed by atoms with Crippen LogP contribution in [0.15, 0.2) is 24.3 Å². The van der Waals surface area contributed by atoms with Gasteiger partial charge in [0, 0.05) is 0 Å². The van der Waals surface area contributed by atoms with Crippen LogP contribution in [0.3, 0.4) is 0 Å². The number of hydrogen-bond donors (Lipinski definition) is 1. The summed E-state index contributed by atoms with van der Waals surface area (Å²) in [7, 11) is -4.26. The monoisotopic (exact) mass is 268 g/mol. The fourth-order valence-corrected chi connectivity index (χ4v) is 2.75. The molecule has 0 aliphatic heterocycles. The van der Waals surface area contributed by atoms with Crippen LogP contribution < -0.4 is 0 Å². The van der Waals surface area contributed by atoms with Crippen molar-refractivity contribution in [2.24, 2.45) is 0 Å². The summed E-state index contributed by atoms with van der Waals surface area (Å²) in [6.45, 7) is -0.405. The minimum absolute atomic E-state index is 0.194. The van der Waals surface area contributed by atoms with Gasteiger partial charge in [-0.1, -0.05) is 24.3 Å². The Morgan fingerprint density at radius 3 is 2.12 bits per heavy atom. The lowest BCUT2D eigenvalue weighted by Gasteiger charge is -2.10. The van der Waals surface area contributed by atoms with E-state index in [0.29, 0.717) is 5.56 Å². The molecular formula is C10H11F3O3S. The second-order valence-corrected chi connectivity index (χ2v) is 5.64. The molecule has 3 nitrogen and oxygen atoms in total. The summed E-state index contributed by atoms with van der Waals surface area (Å²) in [5.74, 6) is -2.57. The third-order valence-electron chi connectivity index (χ3n) is 2.05. The molecule has 0 aliphatic carbocycles. The van der Waals surface area contributed by atoms with E-state index in [9.17, 15) is 21.6 Å². The SMILES string of the molecule is O=S(=O)(Cc1ccccc1CO)CC(F)(F)F. The number of aliphatic hydroxyl groups excluding tert-OH is 1. The molecule has 1 N–H and O–H groups in total. The van der Waals surface area contributed by atoms with E-state index in [2.05, 4.69) is 0 Å². The Morgan fingerprint density at radius 1 is 1.12 bits per heavy atom. The summed E-state index contributed by atoms with van der Waals surface area (Å²) < 4.78 is 58.6. The van der Waals surface area contributed by atoms with Crippen LogP contribution in [0.1, 0.15) is 11.1 Å². The van der Waals surface area contributed by atoms with Crippen LogP contribution in [-0.4, -0.2) is 25.5 Å². The molecule has 0 atom stereocenters. The third kappa shape index (κ3) is 4.74. The Kier molecular flexibility index (Phi) is 4.16. The van der Waals surface area contributed by atoms with E-state index in [0.717, 1.165) is 0 Å². The van der Waals surface area contributed by atoms with Gasteiger partial charge in [0.2, 0.25) is 0 Å². The molecule has 1 aromatic carbocycles. The standard InChI is InChI=1S/C10H11F3O3S/c11-10(12,13)7-17(15,16)6-9-4-2-1-3-8(9)5-14/h1-4,14H,5-7H2. The normalized spacial score (nSPS) is 12.7. The Hall–Kier alpha value is -1.08. The second kappa shape index (κ2) is 5.05. The van der Waals surface area contributed by atoms with Crippen LogP contribution in [0.4, 0.5) is 13.2 Å². The van der Waals surface area contributed by atoms with Gasteiger partial charge in [0.15, 0.2) is 9.84 Å². The molecule has 0 bridgehead atoms. The van der Waals surface area contributed by atoms with Gasteiger partial charge >= 0.3 is 6.18 Å². The topological polar surface area (TPSA) is 54.4 Å². The van der Waals surface area contributed by atoms with Gasteiger partial charge in [-0.2, -0.15) is 13.2 Å². The van der Waals surface area contributed by atoms with Crippen LogP contribution in [0.25, 0.3) is 0 Å². The lowest BCUT2D eigenvalue weighted by Crippen LogP contribution is -2.24. The average Bonchev–Trinajstić information content (AvgIpc) is 2.14. The van der Waals surface area contributed by atoms with Crippen molar-refractivity contribution in [2.45, 2.75) is 18.5 Å². The molecule has 96 valence electrons. The summed E-state index contributed by atoms with van der Waals surface area (Å²) in [6, 6.07) is 5.95. The van der Waals surface area contributed by atoms with Crippen molar-refractivity contribution in [2.75, 3.05) is 5.75 Å². The van der Waals surface area contributed by atoms with Crippen LogP contribution >= 0.6 is 0 Å². The number of benzene rings is 1. The molecule has 1 rings (SSSR count). The predicted molar refractivity (Wildman–Crippen MR) is 55.9 cm³/mol. The van der Waals surface area contributed by atoms with E-state index in [1.165, 1.54) is 18.2 Å². The van der Waals surface area contributed by atoms with Gasteiger partial charge in [-0.15, -0.1) is 0 Å². The van der Waals surface area contributed by atoms with Crippen LogP contribution in [0, 0.1) is 0 Å². The Balaban J connectivity index is 2.91. The second-order valence-electron chi connectivity index (χ2n) is 3.57. The fraction of sp³-hybridized carbons (Fsp3) is 0.400. The van der Waals surface area contributed by atoms with E-state index in [1.807, 2.05) is 0 Å². The molecule has 0 aromatic heterocycles. The molecule has 7 heteroatoms. The molecular weight excluding hydrogens is 257 g/mol. The number of aliphatic hydroxyl groups is 1. The third-order valence-corrected chi connectivity index (χ3v) is 3.57. The highest BCUT2D eigenvalue weighted by molar-refractivity contribution is 7.90. The molecule has 0 heterocycles. The molecule has 0 spiro atoms. The first-order valence-electron chi connectivity index (χ1n) is 4.68. The number of halogens is 3. The fourth-order valence-electron chi connectivity index (χ4n) is 1.39. The Labute approximate surface area is 96.8 Å². The van der Waals surface area contributed by atoms with E-state index < -0.39 is 34.1 Å². The minimum atomic E-state index is -4.74. The highest BCUT2D eigenvalue weighted by Gasteiger charge is 2.35. The van der Waals surface area contributed by atoms with E-state index >= 15 is 0 Å². The summed E-state index contributed by atoms with van der Waals surface area (Å²) in [5, 5.41) is 8.93.